The first-order valence-electron chi connectivity index (χ1n) is 12.4. The summed E-state index contributed by atoms with van der Waals surface area (Å²) in [6, 6.07) is 12.0. The van der Waals surface area contributed by atoms with E-state index in [4.69, 9.17) is 21.3 Å². The molecule has 2 aromatic carbocycles. The number of hydrogen-bond acceptors (Lipinski definition) is 7. The van der Waals surface area contributed by atoms with Crippen LogP contribution in [0.2, 0.25) is 5.02 Å². The van der Waals surface area contributed by atoms with Crippen molar-refractivity contribution in [3.8, 4) is 5.75 Å². The summed E-state index contributed by atoms with van der Waals surface area (Å²) in [4.78, 5) is 22.7. The first-order chi connectivity index (χ1) is 17.7. The van der Waals surface area contributed by atoms with Crippen LogP contribution in [-0.4, -0.2) is 75.4 Å². The molecule has 1 aliphatic rings. The van der Waals surface area contributed by atoms with Gasteiger partial charge in [0.05, 0.1) is 16.2 Å². The number of ether oxygens (including phenoxy) is 1. The van der Waals surface area contributed by atoms with E-state index in [-0.39, 0.29) is 16.7 Å². The SMILES string of the molecule is CCOc1cccc2sc(N(CCCN(C)C)C(=O)C3CCN(S(=O)(=O)c4ccc(Cl)cc4)CC3)nc12. The Morgan fingerprint density at radius 3 is 2.49 bits per heavy atom. The van der Waals surface area contributed by atoms with Gasteiger partial charge in [-0.05, 0) is 83.2 Å². The van der Waals surface area contributed by atoms with Crippen molar-refractivity contribution in [1.29, 1.82) is 0 Å². The Morgan fingerprint density at radius 2 is 1.84 bits per heavy atom. The van der Waals surface area contributed by atoms with Gasteiger partial charge in [0.2, 0.25) is 15.9 Å². The highest BCUT2D eigenvalue weighted by Crippen LogP contribution is 2.36. The number of anilines is 1. The number of halogens is 1. The van der Waals surface area contributed by atoms with Crippen molar-refractivity contribution in [2.45, 2.75) is 31.1 Å². The number of para-hydroxylation sites is 1. The highest BCUT2D eigenvalue weighted by Gasteiger charge is 2.35. The number of amides is 1. The molecule has 1 saturated heterocycles. The van der Waals surface area contributed by atoms with Crippen molar-refractivity contribution >= 4 is 54.2 Å². The highest BCUT2D eigenvalue weighted by atomic mass is 35.5. The van der Waals surface area contributed by atoms with Crippen LogP contribution in [0, 0.1) is 5.92 Å². The van der Waals surface area contributed by atoms with Crippen LogP contribution in [0.3, 0.4) is 0 Å². The van der Waals surface area contributed by atoms with E-state index < -0.39 is 10.0 Å². The van der Waals surface area contributed by atoms with Gasteiger partial charge < -0.3 is 9.64 Å². The molecule has 1 fully saturated rings. The van der Waals surface area contributed by atoms with Crippen LogP contribution in [0.25, 0.3) is 10.2 Å². The van der Waals surface area contributed by atoms with Crippen LogP contribution in [-0.2, 0) is 14.8 Å². The molecule has 3 aromatic rings. The molecule has 2 heterocycles. The van der Waals surface area contributed by atoms with Crippen molar-refractivity contribution in [2.24, 2.45) is 5.92 Å². The van der Waals surface area contributed by atoms with Crippen molar-refractivity contribution in [1.82, 2.24) is 14.2 Å². The molecule has 0 saturated carbocycles. The molecule has 0 atom stereocenters. The Balaban J connectivity index is 1.52. The summed E-state index contributed by atoms with van der Waals surface area (Å²) in [7, 11) is 0.386. The molecule has 0 bridgehead atoms. The Kier molecular flexibility index (Phi) is 9.07. The zero-order valence-corrected chi connectivity index (χ0v) is 23.8. The normalized spacial score (nSPS) is 15.4. The van der Waals surface area contributed by atoms with Crippen LogP contribution >= 0.6 is 22.9 Å². The molecule has 1 amide bonds. The summed E-state index contributed by atoms with van der Waals surface area (Å²) in [5, 5.41) is 1.14. The van der Waals surface area contributed by atoms with Crippen LogP contribution in [0.15, 0.2) is 47.4 Å². The molecule has 1 aromatic heterocycles. The molecule has 11 heteroatoms. The van der Waals surface area contributed by atoms with Gasteiger partial charge in [-0.25, -0.2) is 13.4 Å². The maximum atomic E-state index is 13.8. The number of sulfonamides is 1. The maximum Gasteiger partial charge on any atom is 0.243 e. The first-order valence-corrected chi connectivity index (χ1v) is 15.1. The third-order valence-electron chi connectivity index (χ3n) is 6.41. The predicted molar refractivity (Wildman–Crippen MR) is 149 cm³/mol. The molecule has 0 N–H and O–H groups in total. The lowest BCUT2D eigenvalue weighted by atomic mass is 9.96. The maximum absolute atomic E-state index is 13.8. The second-order valence-corrected chi connectivity index (χ2v) is 12.7. The largest absolute Gasteiger partial charge is 0.492 e. The van der Waals surface area contributed by atoms with E-state index in [1.165, 1.54) is 27.8 Å². The molecular formula is C26H33ClN4O4S2. The average molecular weight is 565 g/mol. The number of benzene rings is 2. The van der Waals surface area contributed by atoms with Crippen molar-refractivity contribution in [2.75, 3.05) is 51.8 Å². The lowest BCUT2D eigenvalue weighted by Crippen LogP contribution is -2.45. The third-order valence-corrected chi connectivity index (χ3v) is 9.62. The van der Waals surface area contributed by atoms with Crippen LogP contribution in [0.5, 0.6) is 5.75 Å². The van der Waals surface area contributed by atoms with Gasteiger partial charge in [-0.15, -0.1) is 0 Å². The summed E-state index contributed by atoms with van der Waals surface area (Å²) in [6.07, 6.45) is 1.73. The van der Waals surface area contributed by atoms with E-state index in [1.54, 1.807) is 17.0 Å². The smallest absolute Gasteiger partial charge is 0.243 e. The van der Waals surface area contributed by atoms with Gasteiger partial charge in [-0.3, -0.25) is 9.69 Å². The number of carbonyl (C=O) groups excluding carboxylic acids is 1. The first kappa shape index (κ1) is 27.8. The minimum absolute atomic E-state index is 0.000636. The average Bonchev–Trinajstić information content (AvgIpc) is 3.32. The second kappa shape index (κ2) is 12.1. The van der Waals surface area contributed by atoms with Crippen LogP contribution in [0.1, 0.15) is 26.2 Å². The number of nitrogens with zero attached hydrogens (tertiary/aromatic N) is 4. The second-order valence-electron chi connectivity index (χ2n) is 9.31. The van der Waals surface area contributed by atoms with Crippen molar-refractivity contribution < 1.29 is 17.9 Å². The Hall–Kier alpha value is -2.24. The fourth-order valence-electron chi connectivity index (χ4n) is 4.46. The van der Waals surface area contributed by atoms with Crippen molar-refractivity contribution in [3.63, 3.8) is 0 Å². The minimum Gasteiger partial charge on any atom is -0.492 e. The zero-order chi connectivity index (χ0) is 26.6. The van der Waals surface area contributed by atoms with Gasteiger partial charge in [-0.2, -0.15) is 4.31 Å². The van der Waals surface area contributed by atoms with Crippen molar-refractivity contribution in [3.05, 3.63) is 47.5 Å². The van der Waals surface area contributed by atoms with Crippen LogP contribution < -0.4 is 9.64 Å². The molecule has 37 heavy (non-hydrogen) atoms. The van der Waals surface area contributed by atoms with Gasteiger partial charge in [0.25, 0.3) is 0 Å². The van der Waals surface area contributed by atoms with E-state index in [1.807, 2.05) is 39.2 Å². The monoisotopic (exact) mass is 564 g/mol. The number of thiazole rings is 1. The number of piperidine rings is 1. The summed E-state index contributed by atoms with van der Waals surface area (Å²) < 4.78 is 34.3. The van der Waals surface area contributed by atoms with E-state index in [0.29, 0.717) is 55.0 Å². The third kappa shape index (κ3) is 6.43. The summed E-state index contributed by atoms with van der Waals surface area (Å²) in [6.45, 7) is 4.45. The number of rotatable bonds is 10. The molecule has 1 aliphatic heterocycles. The topological polar surface area (TPSA) is 83.0 Å². The molecule has 4 rings (SSSR count). The Labute approximate surface area is 227 Å². The van der Waals surface area contributed by atoms with E-state index in [2.05, 4.69) is 4.90 Å². The fourth-order valence-corrected chi connectivity index (χ4v) is 7.07. The minimum atomic E-state index is -3.63. The lowest BCUT2D eigenvalue weighted by Gasteiger charge is -2.33. The molecule has 0 aliphatic carbocycles. The van der Waals surface area contributed by atoms with Gasteiger partial charge in [0, 0.05) is 30.6 Å². The quantitative estimate of drug-likeness (QED) is 0.354. The van der Waals surface area contributed by atoms with E-state index in [9.17, 15) is 13.2 Å². The highest BCUT2D eigenvalue weighted by molar-refractivity contribution is 7.89. The number of carbonyl (C=O) groups is 1. The number of hydrogen-bond donors (Lipinski definition) is 0. The van der Waals surface area contributed by atoms with Crippen LogP contribution in [0.4, 0.5) is 5.13 Å². The summed E-state index contributed by atoms with van der Waals surface area (Å²) in [5.41, 5.74) is 0.763. The molecule has 0 radical (unpaired) electrons. The fraction of sp³-hybridized carbons (Fsp3) is 0.462. The molecule has 0 spiro atoms. The summed E-state index contributed by atoms with van der Waals surface area (Å²) in [5.74, 6) is 0.442. The molecular weight excluding hydrogens is 532 g/mol. The Morgan fingerprint density at radius 1 is 1.14 bits per heavy atom. The molecule has 200 valence electrons. The van der Waals surface area contributed by atoms with Gasteiger partial charge in [0.15, 0.2) is 5.13 Å². The Bertz CT molecular complexity index is 1320. The van der Waals surface area contributed by atoms with Gasteiger partial charge in [0.1, 0.15) is 11.3 Å². The molecule has 8 nitrogen and oxygen atoms in total. The lowest BCUT2D eigenvalue weighted by molar-refractivity contribution is -0.123. The summed E-state index contributed by atoms with van der Waals surface area (Å²) >= 11 is 7.40. The predicted octanol–water partition coefficient (Wildman–Crippen LogP) is 4.73. The van der Waals surface area contributed by atoms with E-state index in [0.717, 1.165) is 23.2 Å². The van der Waals surface area contributed by atoms with Gasteiger partial charge in [-0.1, -0.05) is 29.0 Å². The zero-order valence-electron chi connectivity index (χ0n) is 21.4. The number of fused-ring (bicyclic) bond motifs is 1. The van der Waals surface area contributed by atoms with Gasteiger partial charge >= 0.3 is 0 Å². The van der Waals surface area contributed by atoms with E-state index >= 15 is 0 Å². The molecule has 0 unspecified atom stereocenters. The standard InChI is InChI=1S/C26H33ClN4O4S2/c1-4-35-22-7-5-8-23-24(22)28-26(36-23)31(16-6-15-29(2)3)25(32)19-13-17-30(18-14-19)37(33,34)21-11-9-20(27)10-12-21/h5,7-12,19H,4,6,13-18H2,1-3H3. The number of aromatic nitrogens is 1.